The molecule has 0 aliphatic heterocycles. The van der Waals surface area contributed by atoms with E-state index in [0.717, 1.165) is 6.08 Å². The van der Waals surface area contributed by atoms with Crippen molar-refractivity contribution in [1.82, 2.24) is 0 Å². The van der Waals surface area contributed by atoms with Gasteiger partial charge in [0.25, 0.3) is 0 Å². The first kappa shape index (κ1) is 31.7. The third-order valence-corrected chi connectivity index (χ3v) is 11.5. The summed E-state index contributed by atoms with van der Waals surface area (Å²) in [5.41, 5.74) is -6.73. The van der Waals surface area contributed by atoms with Gasteiger partial charge in [0.2, 0.25) is 0 Å². The summed E-state index contributed by atoms with van der Waals surface area (Å²) in [6.45, 7) is 14.7. The minimum atomic E-state index is -2.08. The maximum Gasteiger partial charge on any atom is 0.303 e. The molecule has 3 fully saturated rings. The van der Waals surface area contributed by atoms with Crippen molar-refractivity contribution in [3.63, 3.8) is 0 Å². The average Bonchev–Trinajstić information content (AvgIpc) is 3.01. The normalized spacial score (nSPS) is 43.5. The van der Waals surface area contributed by atoms with Crippen LogP contribution in [0, 0.1) is 39.4 Å². The van der Waals surface area contributed by atoms with Crippen LogP contribution < -0.4 is 0 Å². The number of ether oxygens (including phenoxy) is 1. The molecule has 4 N–H and O–H groups in total. The number of hydrogen-bond acceptors (Lipinski definition) is 9. The monoisotopic (exact) mass is 574 g/mol. The van der Waals surface area contributed by atoms with Crippen LogP contribution in [0.4, 0.5) is 0 Å². The Morgan fingerprint density at radius 2 is 1.61 bits per heavy atom. The van der Waals surface area contributed by atoms with E-state index in [2.05, 4.69) is 0 Å². The van der Waals surface area contributed by atoms with Gasteiger partial charge < -0.3 is 25.2 Å². The molecule has 0 aromatic heterocycles. The van der Waals surface area contributed by atoms with Crippen molar-refractivity contribution >= 4 is 23.3 Å². The van der Waals surface area contributed by atoms with Gasteiger partial charge in [0.05, 0.1) is 12.2 Å². The van der Waals surface area contributed by atoms with E-state index in [1.807, 2.05) is 6.92 Å². The molecule has 9 nitrogen and oxygen atoms in total. The molecule has 0 amide bonds. The van der Waals surface area contributed by atoms with Crippen LogP contribution in [-0.4, -0.2) is 73.3 Å². The first-order chi connectivity index (χ1) is 18.5. The lowest BCUT2D eigenvalue weighted by Gasteiger charge is -2.65. The Kier molecular flexibility index (Phi) is 7.27. The lowest BCUT2D eigenvalue weighted by atomic mass is 9.38. The first-order valence-electron chi connectivity index (χ1n) is 14.5. The summed E-state index contributed by atoms with van der Waals surface area (Å²) >= 11 is 0. The second-order valence-electron chi connectivity index (χ2n) is 14.9. The van der Waals surface area contributed by atoms with E-state index in [-0.39, 0.29) is 30.8 Å². The first-order valence-corrected chi connectivity index (χ1v) is 14.5. The number of carbonyl (C=O) groups is 4. The van der Waals surface area contributed by atoms with Gasteiger partial charge in [0, 0.05) is 36.0 Å². The molecular weight excluding hydrogens is 528 g/mol. The van der Waals surface area contributed by atoms with Crippen molar-refractivity contribution in [2.75, 3.05) is 0 Å². The molecule has 10 atom stereocenters. The smallest absolute Gasteiger partial charge is 0.303 e. The summed E-state index contributed by atoms with van der Waals surface area (Å²) in [5.74, 6) is -4.00. The molecule has 9 heteroatoms. The summed E-state index contributed by atoms with van der Waals surface area (Å²) in [4.78, 5) is 52.1. The molecule has 0 aromatic carbocycles. The number of esters is 1. The highest BCUT2D eigenvalue weighted by Gasteiger charge is 2.76. The van der Waals surface area contributed by atoms with Gasteiger partial charge in [-0.2, -0.15) is 0 Å². The summed E-state index contributed by atoms with van der Waals surface area (Å²) in [6.07, 6.45) is 0.793. The Morgan fingerprint density at radius 3 is 2.17 bits per heavy atom. The second-order valence-corrected chi connectivity index (χ2v) is 14.9. The average molecular weight is 575 g/mol. The number of rotatable bonds is 5. The molecule has 0 radical (unpaired) electrons. The lowest BCUT2D eigenvalue weighted by Crippen LogP contribution is -2.68. The fraction of sp³-hybridized carbons (Fsp3) is 0.750. The molecule has 0 bridgehead atoms. The number of hydrogen-bond donors (Lipinski definition) is 4. The minimum absolute atomic E-state index is 0.0642. The number of Topliss-reactive ketones (excluding diaryl/α,β-unsaturated/α-hetero) is 2. The fourth-order valence-corrected chi connectivity index (χ4v) is 9.48. The molecule has 0 heterocycles. The van der Waals surface area contributed by atoms with Gasteiger partial charge in [-0.25, -0.2) is 0 Å². The molecule has 4 rings (SSSR count). The van der Waals surface area contributed by atoms with Crippen molar-refractivity contribution < 1.29 is 44.3 Å². The quantitative estimate of drug-likeness (QED) is 0.220. The van der Waals surface area contributed by atoms with Crippen LogP contribution >= 0.6 is 0 Å². The summed E-state index contributed by atoms with van der Waals surface area (Å²) in [5, 5.41) is 45.7. The van der Waals surface area contributed by atoms with Crippen molar-refractivity contribution in [3.05, 3.63) is 23.8 Å². The van der Waals surface area contributed by atoms with Crippen LogP contribution in [0.25, 0.3) is 0 Å². The Morgan fingerprint density at radius 1 is 1.02 bits per heavy atom. The van der Waals surface area contributed by atoms with Gasteiger partial charge >= 0.3 is 5.97 Å². The Balaban J connectivity index is 1.79. The van der Waals surface area contributed by atoms with E-state index < -0.39 is 80.7 Å². The van der Waals surface area contributed by atoms with Crippen molar-refractivity contribution in [1.29, 1.82) is 0 Å². The van der Waals surface area contributed by atoms with Crippen LogP contribution in [0.3, 0.4) is 0 Å². The number of allylic oxidation sites excluding steroid dienone is 1. The van der Waals surface area contributed by atoms with E-state index in [9.17, 15) is 39.6 Å². The molecule has 4 aliphatic carbocycles. The van der Waals surface area contributed by atoms with Gasteiger partial charge in [-0.05, 0) is 76.4 Å². The Hall–Kier alpha value is -2.20. The van der Waals surface area contributed by atoms with Crippen molar-refractivity contribution in [2.24, 2.45) is 39.4 Å². The van der Waals surface area contributed by atoms with E-state index in [4.69, 9.17) is 4.74 Å². The molecule has 0 unspecified atom stereocenters. The summed E-state index contributed by atoms with van der Waals surface area (Å²) in [7, 11) is 0. The number of aliphatic hydroxyl groups excluding tert-OH is 3. The molecule has 4 aliphatic rings. The summed E-state index contributed by atoms with van der Waals surface area (Å²) < 4.78 is 5.21. The fourth-order valence-electron chi connectivity index (χ4n) is 9.48. The molecule has 0 aromatic rings. The predicted molar refractivity (Wildman–Crippen MR) is 149 cm³/mol. The predicted octanol–water partition coefficient (Wildman–Crippen LogP) is 2.47. The zero-order chi connectivity index (χ0) is 31.3. The highest BCUT2D eigenvalue weighted by molar-refractivity contribution is 5.98. The topological polar surface area (TPSA) is 158 Å². The molecular formula is C32H46O9. The molecule has 0 saturated heterocycles. The van der Waals surface area contributed by atoms with Crippen molar-refractivity contribution in [3.8, 4) is 0 Å². The highest BCUT2D eigenvalue weighted by atomic mass is 16.6. The van der Waals surface area contributed by atoms with Crippen LogP contribution in [0.2, 0.25) is 0 Å². The summed E-state index contributed by atoms with van der Waals surface area (Å²) in [6, 6.07) is 0. The number of carbonyl (C=O) groups excluding carboxylic acids is 4. The van der Waals surface area contributed by atoms with Crippen molar-refractivity contribution in [2.45, 2.75) is 111 Å². The Labute approximate surface area is 242 Å². The lowest BCUT2D eigenvalue weighted by molar-refractivity contribution is -0.196. The van der Waals surface area contributed by atoms with E-state index >= 15 is 0 Å². The molecule has 3 saturated carbocycles. The zero-order valence-electron chi connectivity index (χ0n) is 25.6. The van der Waals surface area contributed by atoms with Gasteiger partial charge in [-0.15, -0.1) is 0 Å². The standard InChI is InChI=1S/C32H46O9/c1-16(33)41-27(2,3)11-10-22(37)32(9,40)25-21(36)14-29(6)24-19(34)12-17-18(13-20(35)26(39)28(17,4)5)31(24,8)23(38)15-30(25,29)7/h10-12,18-21,24-25,34-36,40H,13-15H2,1-9H3/b11-10-/t18-,19+,20+,21-,24+,25+,29+,30-,31-,32+/m1/s1. The maximum atomic E-state index is 14.3. The van der Waals surface area contributed by atoms with Gasteiger partial charge in [-0.1, -0.05) is 32.4 Å². The van der Waals surface area contributed by atoms with Gasteiger partial charge in [0.15, 0.2) is 11.6 Å². The number of fused-ring (bicyclic) bond motifs is 5. The van der Waals surface area contributed by atoms with Crippen LogP contribution in [0.15, 0.2) is 23.8 Å². The number of ketones is 3. The van der Waals surface area contributed by atoms with Gasteiger partial charge in [-0.3, -0.25) is 19.2 Å². The maximum absolute atomic E-state index is 14.3. The molecule has 41 heavy (non-hydrogen) atoms. The van der Waals surface area contributed by atoms with Crippen LogP contribution in [0.1, 0.15) is 81.6 Å². The second kappa shape index (κ2) is 9.40. The third-order valence-electron chi connectivity index (χ3n) is 11.5. The molecule has 228 valence electrons. The van der Waals surface area contributed by atoms with E-state index in [1.165, 1.54) is 19.9 Å². The SMILES string of the molecule is CC(=O)OC(C)(C)/C=C\C(=O)[C@](C)(O)[C@H]1[C@H](O)C[C@@]2(C)[C@@H]3[C@@H](O)C=C4[C@@H](C[C@H](O)C(=O)C4(C)C)[C@]3(C)C(=O)C[C@]12C. The van der Waals surface area contributed by atoms with E-state index in [0.29, 0.717) is 5.57 Å². The van der Waals surface area contributed by atoms with Gasteiger partial charge in [0.1, 0.15) is 23.1 Å². The highest BCUT2D eigenvalue weighted by Crippen LogP contribution is 2.74. The zero-order valence-corrected chi connectivity index (χ0v) is 25.6. The van der Waals surface area contributed by atoms with Crippen LogP contribution in [-0.2, 0) is 23.9 Å². The van der Waals surface area contributed by atoms with Crippen LogP contribution in [0.5, 0.6) is 0 Å². The molecule has 0 spiro atoms. The Bertz CT molecular complexity index is 1240. The largest absolute Gasteiger partial charge is 0.456 e. The minimum Gasteiger partial charge on any atom is -0.456 e. The van der Waals surface area contributed by atoms with E-state index in [1.54, 1.807) is 47.6 Å². The third kappa shape index (κ3) is 4.33. The number of aliphatic hydroxyl groups is 4.